The minimum absolute atomic E-state index is 0.0146. The molecule has 0 amide bonds. The molecule has 1 aromatic carbocycles. The fourth-order valence-corrected chi connectivity index (χ4v) is 4.48. The quantitative estimate of drug-likeness (QED) is 0.0389. The summed E-state index contributed by atoms with van der Waals surface area (Å²) in [6.45, 7) is 5.73. The van der Waals surface area contributed by atoms with Gasteiger partial charge in [-0.3, -0.25) is 9.59 Å². The van der Waals surface area contributed by atoms with E-state index in [0.29, 0.717) is 18.6 Å². The highest BCUT2D eigenvalue weighted by molar-refractivity contribution is 5.71. The van der Waals surface area contributed by atoms with Crippen molar-refractivity contribution in [2.75, 3.05) is 13.4 Å². The summed E-state index contributed by atoms with van der Waals surface area (Å²) in [4.78, 5) is 40.8. The Kier molecular flexibility index (Phi) is 23.9. The summed E-state index contributed by atoms with van der Waals surface area (Å²) in [7, 11) is 1.86. The number of imidazole rings is 1. The van der Waals surface area contributed by atoms with Gasteiger partial charge in [0.05, 0.1) is 19.4 Å². The number of ether oxygens (including phenoxy) is 4. The lowest BCUT2D eigenvalue weighted by atomic mass is 10.0. The number of carbonyl (C=O) groups excluding carboxylic acids is 3. The Balaban J connectivity index is 0.00000518. The van der Waals surface area contributed by atoms with Crippen LogP contribution in [0, 0.1) is 5.92 Å². The summed E-state index contributed by atoms with van der Waals surface area (Å²) < 4.78 is 22.3. The van der Waals surface area contributed by atoms with Crippen LogP contribution in [0.2, 0.25) is 0 Å². The van der Waals surface area contributed by atoms with Gasteiger partial charge in [0, 0.05) is 31.3 Å². The van der Waals surface area contributed by atoms with E-state index in [-0.39, 0.29) is 24.9 Å². The van der Waals surface area contributed by atoms with Crippen LogP contribution in [0.15, 0.2) is 67.2 Å². The van der Waals surface area contributed by atoms with Crippen molar-refractivity contribution in [1.82, 2.24) is 9.55 Å². The van der Waals surface area contributed by atoms with Gasteiger partial charge in [-0.1, -0.05) is 95.4 Å². The third-order valence-corrected chi connectivity index (χ3v) is 7.02. The lowest BCUT2D eigenvalue weighted by Gasteiger charge is -2.17. The molecule has 0 bridgehead atoms. The third kappa shape index (κ3) is 21.0. The summed E-state index contributed by atoms with van der Waals surface area (Å²) in [6.07, 6.45) is 24.6. The number of allylic oxidation sites excluding steroid dienone is 4. The molecule has 256 valence electrons. The molecule has 0 spiro atoms. The molecule has 9 heteroatoms. The molecule has 46 heavy (non-hydrogen) atoms. The number of aromatic nitrogens is 2. The van der Waals surface area contributed by atoms with Crippen molar-refractivity contribution in [3.05, 3.63) is 72.9 Å². The highest BCUT2D eigenvalue weighted by atomic mass is 16.8. The van der Waals surface area contributed by atoms with Gasteiger partial charge >= 0.3 is 18.1 Å². The number of para-hydroxylation sites is 1. The predicted octanol–water partition coefficient (Wildman–Crippen LogP) is 9.07. The first-order valence-corrected chi connectivity index (χ1v) is 16.9. The topological polar surface area (TPSA) is 106 Å². The summed E-state index contributed by atoms with van der Waals surface area (Å²) in [5, 5.41) is 0. The standard InChI is InChI=1S/C35H50N2O7.C2H6/c1-3-4-5-6-7-8-9-10-11-12-13-14-15-16-20-23-33(38)41-27-30(24-31-26-36-28-37(31)2)25-34(39)42-29-43-35(40)44-32-21-18-17-19-22-32;1-2/h7-8,10-11,17-19,21-22,26,28,30H,3-6,9,12-16,20,23-25,27,29H2,1-2H3;1-2H3/b8-7-,11-10-;. The van der Waals surface area contributed by atoms with Crippen molar-refractivity contribution in [1.29, 1.82) is 0 Å². The minimum atomic E-state index is -0.974. The molecule has 0 aliphatic carbocycles. The maximum atomic E-state index is 12.5. The van der Waals surface area contributed by atoms with E-state index < -0.39 is 18.9 Å². The number of esters is 2. The molecule has 2 rings (SSSR count). The second kappa shape index (κ2) is 27.4. The molecule has 2 aromatic rings. The highest BCUT2D eigenvalue weighted by Crippen LogP contribution is 2.16. The fourth-order valence-electron chi connectivity index (χ4n) is 4.48. The zero-order valence-electron chi connectivity index (χ0n) is 28.5. The number of hydrogen-bond acceptors (Lipinski definition) is 8. The summed E-state index contributed by atoms with van der Waals surface area (Å²) in [5.41, 5.74) is 0.898. The molecule has 0 fully saturated rings. The van der Waals surface area contributed by atoms with E-state index in [1.54, 1.807) is 42.9 Å². The molecule has 0 aliphatic heterocycles. The van der Waals surface area contributed by atoms with Gasteiger partial charge in [-0.05, 0) is 57.1 Å². The van der Waals surface area contributed by atoms with Gasteiger partial charge in [-0.25, -0.2) is 9.78 Å². The summed E-state index contributed by atoms with van der Waals surface area (Å²) in [6, 6.07) is 8.43. The van der Waals surface area contributed by atoms with Crippen LogP contribution in [-0.4, -0.2) is 41.0 Å². The zero-order chi connectivity index (χ0) is 33.7. The van der Waals surface area contributed by atoms with Crippen molar-refractivity contribution in [3.8, 4) is 5.75 Å². The van der Waals surface area contributed by atoms with Crippen molar-refractivity contribution in [3.63, 3.8) is 0 Å². The molecule has 1 unspecified atom stereocenters. The van der Waals surface area contributed by atoms with E-state index in [9.17, 15) is 14.4 Å². The molecular weight excluding hydrogens is 584 g/mol. The SMILES string of the molecule is CC.CCCCC/C=C\C/C=C\CCCCCCCC(=O)OCC(CC(=O)OCOC(=O)Oc1ccccc1)Cc1cncn1C. The largest absolute Gasteiger partial charge is 0.516 e. The number of carbonyl (C=O) groups is 3. The van der Waals surface area contributed by atoms with E-state index in [0.717, 1.165) is 50.6 Å². The number of hydrogen-bond donors (Lipinski definition) is 0. The maximum Gasteiger partial charge on any atom is 0.516 e. The highest BCUT2D eigenvalue weighted by Gasteiger charge is 2.20. The molecular formula is C37H56N2O7. The number of nitrogens with zero attached hydrogens (tertiary/aromatic N) is 2. The van der Waals surface area contributed by atoms with Gasteiger partial charge in [0.25, 0.3) is 0 Å². The number of rotatable bonds is 23. The van der Waals surface area contributed by atoms with Gasteiger partial charge < -0.3 is 23.5 Å². The average Bonchev–Trinajstić information content (AvgIpc) is 3.46. The van der Waals surface area contributed by atoms with Crippen LogP contribution in [0.1, 0.15) is 110 Å². The Morgan fingerprint density at radius 3 is 2.17 bits per heavy atom. The van der Waals surface area contributed by atoms with Crippen molar-refractivity contribution in [2.24, 2.45) is 13.0 Å². The van der Waals surface area contributed by atoms with E-state index in [4.69, 9.17) is 18.9 Å². The van der Waals surface area contributed by atoms with E-state index >= 15 is 0 Å². The van der Waals surface area contributed by atoms with Gasteiger partial charge in [-0.15, -0.1) is 0 Å². The lowest BCUT2D eigenvalue weighted by Crippen LogP contribution is -2.23. The first kappa shape index (κ1) is 40.1. The Morgan fingerprint density at radius 1 is 0.826 bits per heavy atom. The van der Waals surface area contributed by atoms with Crippen LogP contribution < -0.4 is 4.74 Å². The fraction of sp³-hybridized carbons (Fsp3) is 0.568. The van der Waals surface area contributed by atoms with Crippen LogP contribution >= 0.6 is 0 Å². The van der Waals surface area contributed by atoms with Gasteiger partial charge in [0.15, 0.2) is 0 Å². The smallest absolute Gasteiger partial charge is 0.465 e. The first-order chi connectivity index (χ1) is 22.5. The molecule has 0 saturated heterocycles. The van der Waals surface area contributed by atoms with Gasteiger partial charge in [-0.2, -0.15) is 0 Å². The van der Waals surface area contributed by atoms with E-state index in [1.165, 1.54) is 25.7 Å². The second-order valence-electron chi connectivity index (χ2n) is 10.9. The first-order valence-electron chi connectivity index (χ1n) is 16.9. The summed E-state index contributed by atoms with van der Waals surface area (Å²) in [5.74, 6) is -0.843. The molecule has 0 saturated carbocycles. The second-order valence-corrected chi connectivity index (χ2v) is 10.9. The molecule has 0 aliphatic rings. The van der Waals surface area contributed by atoms with E-state index in [2.05, 4.69) is 36.2 Å². The van der Waals surface area contributed by atoms with Crippen LogP contribution in [0.4, 0.5) is 4.79 Å². The monoisotopic (exact) mass is 640 g/mol. The third-order valence-electron chi connectivity index (χ3n) is 7.02. The van der Waals surface area contributed by atoms with Crippen molar-refractivity contribution >= 4 is 18.1 Å². The summed E-state index contributed by atoms with van der Waals surface area (Å²) >= 11 is 0. The molecule has 1 heterocycles. The molecule has 0 radical (unpaired) electrons. The zero-order valence-corrected chi connectivity index (χ0v) is 28.5. The van der Waals surface area contributed by atoms with Crippen LogP contribution in [-0.2, 0) is 37.3 Å². The maximum absolute atomic E-state index is 12.5. The Hall–Kier alpha value is -3.88. The average molecular weight is 641 g/mol. The van der Waals surface area contributed by atoms with Gasteiger partial charge in [0.1, 0.15) is 5.75 Å². The Bertz CT molecular complexity index is 1130. The molecule has 9 nitrogen and oxygen atoms in total. The van der Waals surface area contributed by atoms with Crippen molar-refractivity contribution in [2.45, 2.75) is 111 Å². The normalized spacial score (nSPS) is 11.6. The number of aryl methyl sites for hydroxylation is 1. The number of benzene rings is 1. The lowest BCUT2D eigenvalue weighted by molar-refractivity contribution is -0.156. The van der Waals surface area contributed by atoms with E-state index in [1.807, 2.05) is 25.5 Å². The van der Waals surface area contributed by atoms with Gasteiger partial charge in [0.2, 0.25) is 6.79 Å². The Morgan fingerprint density at radius 2 is 1.50 bits per heavy atom. The van der Waals surface area contributed by atoms with Crippen LogP contribution in [0.25, 0.3) is 0 Å². The van der Waals surface area contributed by atoms with Crippen LogP contribution in [0.3, 0.4) is 0 Å². The molecule has 1 atom stereocenters. The Labute approximate surface area is 276 Å². The minimum Gasteiger partial charge on any atom is -0.465 e. The molecule has 1 aromatic heterocycles. The van der Waals surface area contributed by atoms with Crippen LogP contribution in [0.5, 0.6) is 5.75 Å². The predicted molar refractivity (Wildman–Crippen MR) is 181 cm³/mol. The van der Waals surface area contributed by atoms with Crippen molar-refractivity contribution < 1.29 is 33.3 Å². The number of unbranched alkanes of at least 4 members (excludes halogenated alkanes) is 8. The molecule has 0 N–H and O–H groups in total.